The van der Waals surface area contributed by atoms with Gasteiger partial charge in [0.2, 0.25) is 0 Å². The maximum atomic E-state index is 14.1. The molecule has 36 heavy (non-hydrogen) atoms. The molecule has 1 fully saturated rings. The van der Waals surface area contributed by atoms with Crippen LogP contribution < -0.4 is 10.5 Å². The molecule has 1 aliphatic rings. The van der Waals surface area contributed by atoms with Crippen LogP contribution in [-0.4, -0.2) is 40.2 Å². The molecule has 3 aromatic carbocycles. The summed E-state index contributed by atoms with van der Waals surface area (Å²) in [6.45, 7) is 0.0412. The third-order valence-corrected chi connectivity index (χ3v) is 6.36. The first-order valence-electron chi connectivity index (χ1n) is 11.8. The molecule has 0 radical (unpaired) electrons. The highest BCUT2D eigenvalue weighted by atomic mass is 19.3. The number of amides is 1. The number of likely N-dealkylation sites (tertiary alicyclic amines) is 1. The standard InChI is InChI=1S/C28H26F2N4O2/c29-28(30)13-4-14-33(18-28)27(35)25-15-20-9-10-21(26(31)32)16-24(20)34(25)17-19-7-11-23(12-8-19)36-22-5-2-1-3-6-22/h1-3,5-12,15-16H,4,13-14,17-18H2,(H3,31,32). The molecule has 5 rings (SSSR count). The van der Waals surface area contributed by atoms with Gasteiger partial charge in [-0.25, -0.2) is 8.78 Å². The van der Waals surface area contributed by atoms with Crippen molar-refractivity contribution in [3.8, 4) is 11.5 Å². The minimum atomic E-state index is -2.89. The van der Waals surface area contributed by atoms with Gasteiger partial charge < -0.3 is 19.9 Å². The number of benzene rings is 3. The number of carbonyl (C=O) groups excluding carboxylic acids is 1. The molecule has 0 atom stereocenters. The number of amidine groups is 1. The predicted molar refractivity (Wildman–Crippen MR) is 135 cm³/mol. The summed E-state index contributed by atoms with van der Waals surface area (Å²) in [6, 6.07) is 23.9. The molecule has 2 heterocycles. The quantitative estimate of drug-likeness (QED) is 0.272. The summed E-state index contributed by atoms with van der Waals surface area (Å²) in [5.74, 6) is -2.01. The molecule has 0 unspecified atom stereocenters. The molecule has 0 spiro atoms. The third kappa shape index (κ3) is 4.93. The number of carbonyl (C=O) groups is 1. The number of rotatable bonds is 6. The van der Waals surface area contributed by atoms with Crippen molar-refractivity contribution >= 4 is 22.6 Å². The second-order valence-corrected chi connectivity index (χ2v) is 9.05. The Kier molecular flexibility index (Phi) is 6.18. The molecule has 1 aliphatic heterocycles. The number of halogens is 2. The first kappa shape index (κ1) is 23.5. The molecule has 184 valence electrons. The summed E-state index contributed by atoms with van der Waals surface area (Å²) >= 11 is 0. The van der Waals surface area contributed by atoms with Crippen molar-refractivity contribution in [3.63, 3.8) is 0 Å². The minimum Gasteiger partial charge on any atom is -0.457 e. The third-order valence-electron chi connectivity index (χ3n) is 6.36. The van der Waals surface area contributed by atoms with Gasteiger partial charge in [-0.2, -0.15) is 0 Å². The number of ether oxygens (including phenoxy) is 1. The summed E-state index contributed by atoms with van der Waals surface area (Å²) in [7, 11) is 0. The fourth-order valence-corrected chi connectivity index (χ4v) is 4.54. The lowest BCUT2D eigenvalue weighted by atomic mass is 10.1. The van der Waals surface area contributed by atoms with Crippen LogP contribution in [0, 0.1) is 5.41 Å². The van der Waals surface area contributed by atoms with Gasteiger partial charge in [-0.3, -0.25) is 10.2 Å². The first-order chi connectivity index (χ1) is 17.3. The fraction of sp³-hybridized carbons (Fsp3) is 0.214. The van der Waals surface area contributed by atoms with Crippen molar-refractivity contribution in [3.05, 3.63) is 95.7 Å². The van der Waals surface area contributed by atoms with E-state index in [1.807, 2.05) is 59.2 Å². The van der Waals surface area contributed by atoms with E-state index in [9.17, 15) is 13.6 Å². The lowest BCUT2D eigenvalue weighted by Crippen LogP contribution is -2.46. The molecular formula is C28H26F2N4O2. The van der Waals surface area contributed by atoms with E-state index < -0.39 is 18.4 Å². The van der Waals surface area contributed by atoms with Crippen molar-refractivity contribution in [1.82, 2.24) is 9.47 Å². The number of fused-ring (bicyclic) bond motifs is 1. The number of nitrogens with one attached hydrogen (secondary N) is 1. The van der Waals surface area contributed by atoms with Gasteiger partial charge in [0.15, 0.2) is 0 Å². The van der Waals surface area contributed by atoms with Crippen LogP contribution in [0.1, 0.15) is 34.5 Å². The van der Waals surface area contributed by atoms with Gasteiger partial charge in [0, 0.05) is 36.0 Å². The number of para-hydroxylation sites is 1. The molecule has 0 saturated carbocycles. The van der Waals surface area contributed by atoms with E-state index in [-0.39, 0.29) is 18.7 Å². The second-order valence-electron chi connectivity index (χ2n) is 9.05. The van der Waals surface area contributed by atoms with E-state index in [1.165, 1.54) is 4.90 Å². The topological polar surface area (TPSA) is 84.3 Å². The van der Waals surface area contributed by atoms with E-state index in [4.69, 9.17) is 15.9 Å². The second kappa shape index (κ2) is 9.45. The van der Waals surface area contributed by atoms with Gasteiger partial charge in [-0.05, 0) is 48.4 Å². The molecule has 3 N–H and O–H groups in total. The highest BCUT2D eigenvalue weighted by Gasteiger charge is 2.38. The van der Waals surface area contributed by atoms with Gasteiger partial charge >= 0.3 is 0 Å². The van der Waals surface area contributed by atoms with Gasteiger partial charge in [0.1, 0.15) is 23.0 Å². The van der Waals surface area contributed by atoms with Gasteiger partial charge in [0.25, 0.3) is 11.8 Å². The average molecular weight is 489 g/mol. The van der Waals surface area contributed by atoms with Crippen LogP contribution in [0.3, 0.4) is 0 Å². The van der Waals surface area contributed by atoms with Crippen LogP contribution in [-0.2, 0) is 6.54 Å². The van der Waals surface area contributed by atoms with Crippen LogP contribution >= 0.6 is 0 Å². The number of piperidine rings is 1. The monoisotopic (exact) mass is 488 g/mol. The normalized spacial score (nSPS) is 15.1. The Balaban J connectivity index is 1.48. The van der Waals surface area contributed by atoms with E-state index in [0.29, 0.717) is 35.6 Å². The van der Waals surface area contributed by atoms with Crippen LogP contribution in [0.5, 0.6) is 11.5 Å². The average Bonchev–Trinajstić information content (AvgIpc) is 3.22. The number of hydrogen-bond donors (Lipinski definition) is 2. The lowest BCUT2D eigenvalue weighted by Gasteiger charge is -2.32. The van der Waals surface area contributed by atoms with Crippen molar-refractivity contribution in [2.45, 2.75) is 25.3 Å². The zero-order chi connectivity index (χ0) is 25.3. The molecule has 0 bridgehead atoms. The summed E-state index contributed by atoms with van der Waals surface area (Å²) in [5.41, 5.74) is 8.16. The van der Waals surface area contributed by atoms with Gasteiger partial charge in [-0.15, -0.1) is 0 Å². The Morgan fingerprint density at radius 3 is 2.42 bits per heavy atom. The zero-order valence-electron chi connectivity index (χ0n) is 19.6. The van der Waals surface area contributed by atoms with Crippen LogP contribution in [0.25, 0.3) is 10.9 Å². The SMILES string of the molecule is N=C(N)c1ccc2cc(C(=O)N3CCCC(F)(F)C3)n(Cc3ccc(Oc4ccccc4)cc3)c2c1. The Hall–Kier alpha value is -4.20. The zero-order valence-corrected chi connectivity index (χ0v) is 19.6. The van der Waals surface area contributed by atoms with Crippen molar-refractivity contribution < 1.29 is 18.3 Å². The highest BCUT2D eigenvalue weighted by Crippen LogP contribution is 2.30. The van der Waals surface area contributed by atoms with Crippen molar-refractivity contribution in [1.29, 1.82) is 5.41 Å². The first-order valence-corrected chi connectivity index (χ1v) is 11.8. The number of nitrogens with zero attached hydrogens (tertiary/aromatic N) is 2. The molecule has 8 heteroatoms. The summed E-state index contributed by atoms with van der Waals surface area (Å²) < 4.78 is 35.8. The van der Waals surface area contributed by atoms with E-state index >= 15 is 0 Å². The predicted octanol–water partition coefficient (Wildman–Crippen LogP) is 5.64. The maximum absolute atomic E-state index is 14.1. The summed E-state index contributed by atoms with van der Waals surface area (Å²) in [4.78, 5) is 14.7. The van der Waals surface area contributed by atoms with E-state index in [2.05, 4.69) is 0 Å². The summed E-state index contributed by atoms with van der Waals surface area (Å²) in [5, 5.41) is 8.58. The lowest BCUT2D eigenvalue weighted by molar-refractivity contribution is -0.0562. The van der Waals surface area contributed by atoms with Crippen LogP contribution in [0.2, 0.25) is 0 Å². The molecule has 1 aromatic heterocycles. The molecular weight excluding hydrogens is 462 g/mol. The van der Waals surface area contributed by atoms with Gasteiger partial charge in [-0.1, -0.05) is 42.5 Å². The Bertz CT molecular complexity index is 1420. The number of hydrogen-bond acceptors (Lipinski definition) is 3. The molecule has 1 amide bonds. The number of aromatic nitrogens is 1. The Labute approximate surface area is 207 Å². The molecule has 6 nitrogen and oxygen atoms in total. The minimum absolute atomic E-state index is 0.0874. The van der Waals surface area contributed by atoms with E-state index in [0.717, 1.165) is 16.7 Å². The van der Waals surface area contributed by atoms with E-state index in [1.54, 1.807) is 24.3 Å². The Morgan fingerprint density at radius 2 is 1.72 bits per heavy atom. The number of nitrogen functional groups attached to an aromatic ring is 1. The van der Waals surface area contributed by atoms with Crippen molar-refractivity contribution in [2.24, 2.45) is 5.73 Å². The smallest absolute Gasteiger partial charge is 0.270 e. The molecule has 0 aliphatic carbocycles. The molecule has 1 saturated heterocycles. The largest absolute Gasteiger partial charge is 0.457 e. The number of alkyl halides is 2. The van der Waals surface area contributed by atoms with Crippen LogP contribution in [0.4, 0.5) is 8.78 Å². The van der Waals surface area contributed by atoms with Crippen molar-refractivity contribution in [2.75, 3.05) is 13.1 Å². The fourth-order valence-electron chi connectivity index (χ4n) is 4.54. The van der Waals surface area contributed by atoms with Crippen LogP contribution in [0.15, 0.2) is 78.9 Å². The Morgan fingerprint density at radius 1 is 1.00 bits per heavy atom. The van der Waals surface area contributed by atoms with Gasteiger partial charge in [0.05, 0.1) is 6.54 Å². The number of nitrogens with two attached hydrogens (primary N) is 1. The molecule has 4 aromatic rings. The summed E-state index contributed by atoms with van der Waals surface area (Å²) in [6.07, 6.45) is 0.0511. The highest BCUT2D eigenvalue weighted by molar-refractivity contribution is 6.02. The maximum Gasteiger partial charge on any atom is 0.270 e.